The lowest BCUT2D eigenvalue weighted by molar-refractivity contribution is -0.126. The third-order valence-electron chi connectivity index (χ3n) is 4.11. The smallest absolute Gasteiger partial charge is 0.246 e. The molecule has 2 aromatic rings. The highest BCUT2D eigenvalue weighted by Crippen LogP contribution is 2.19. The average Bonchev–Trinajstić information content (AvgIpc) is 3.08. The van der Waals surface area contributed by atoms with Crippen LogP contribution < -0.4 is 4.90 Å². The molecule has 1 fully saturated rings. The number of thiazole rings is 1. The van der Waals surface area contributed by atoms with Crippen LogP contribution in [-0.4, -0.2) is 42.0 Å². The van der Waals surface area contributed by atoms with Crippen LogP contribution in [-0.2, 0) is 4.79 Å². The number of piperazine rings is 1. The second-order valence-corrected chi connectivity index (χ2v) is 6.69. The number of carbonyl (C=O) groups is 1. The second-order valence-electron chi connectivity index (χ2n) is 5.82. The van der Waals surface area contributed by atoms with Crippen molar-refractivity contribution in [2.75, 3.05) is 31.1 Å². The number of hydrogen-bond acceptors (Lipinski definition) is 4. The molecule has 0 aliphatic carbocycles. The van der Waals surface area contributed by atoms with E-state index in [0.717, 1.165) is 36.9 Å². The zero-order valence-corrected chi connectivity index (χ0v) is 14.3. The van der Waals surface area contributed by atoms with Gasteiger partial charge in [0.25, 0.3) is 0 Å². The minimum absolute atomic E-state index is 0.0868. The van der Waals surface area contributed by atoms with Gasteiger partial charge < -0.3 is 9.80 Å². The molecule has 0 bridgehead atoms. The van der Waals surface area contributed by atoms with Crippen LogP contribution >= 0.6 is 11.3 Å². The van der Waals surface area contributed by atoms with Gasteiger partial charge in [0.15, 0.2) is 5.13 Å². The fraction of sp³-hybridized carbons (Fsp3) is 0.333. The predicted octanol–water partition coefficient (Wildman–Crippen LogP) is 3.12. The Morgan fingerprint density at radius 2 is 2.00 bits per heavy atom. The van der Waals surface area contributed by atoms with E-state index in [1.807, 2.05) is 22.6 Å². The van der Waals surface area contributed by atoms with Gasteiger partial charge in [-0.05, 0) is 31.1 Å². The summed E-state index contributed by atoms with van der Waals surface area (Å²) in [6, 6.07) is 6.27. The van der Waals surface area contributed by atoms with Crippen LogP contribution in [0.5, 0.6) is 0 Å². The SMILES string of the molecule is Cc1ccc(/C=C/C(=O)N2CCN(c3nccs3)CC2)c(C)c1. The summed E-state index contributed by atoms with van der Waals surface area (Å²) in [7, 11) is 0. The highest BCUT2D eigenvalue weighted by Gasteiger charge is 2.20. The molecule has 1 aliphatic heterocycles. The molecule has 0 saturated carbocycles. The van der Waals surface area contributed by atoms with Gasteiger partial charge in [-0.1, -0.05) is 23.8 Å². The Morgan fingerprint density at radius 3 is 2.65 bits per heavy atom. The van der Waals surface area contributed by atoms with Crippen LogP contribution in [0.2, 0.25) is 0 Å². The number of anilines is 1. The van der Waals surface area contributed by atoms with Gasteiger partial charge in [-0.2, -0.15) is 0 Å². The number of rotatable bonds is 3. The molecule has 1 aromatic heterocycles. The van der Waals surface area contributed by atoms with Crippen LogP contribution in [0.15, 0.2) is 35.9 Å². The Labute approximate surface area is 141 Å². The molecule has 4 nitrogen and oxygen atoms in total. The summed E-state index contributed by atoms with van der Waals surface area (Å²) < 4.78 is 0. The first-order chi connectivity index (χ1) is 11.1. The number of aromatic nitrogens is 1. The van der Waals surface area contributed by atoms with E-state index < -0.39 is 0 Å². The van der Waals surface area contributed by atoms with Gasteiger partial charge in [0.1, 0.15) is 0 Å². The van der Waals surface area contributed by atoms with Crippen LogP contribution in [0.3, 0.4) is 0 Å². The molecule has 3 rings (SSSR count). The normalized spacial score (nSPS) is 15.4. The van der Waals surface area contributed by atoms with Crippen molar-refractivity contribution in [3.05, 3.63) is 52.5 Å². The Kier molecular flexibility index (Phi) is 4.76. The number of amides is 1. The molecular weight excluding hydrogens is 306 g/mol. The van der Waals surface area contributed by atoms with Crippen LogP contribution in [0, 0.1) is 13.8 Å². The highest BCUT2D eigenvalue weighted by molar-refractivity contribution is 7.13. The van der Waals surface area contributed by atoms with Crippen molar-refractivity contribution < 1.29 is 4.79 Å². The van der Waals surface area contributed by atoms with E-state index in [4.69, 9.17) is 0 Å². The molecule has 1 aromatic carbocycles. The van der Waals surface area contributed by atoms with Crippen molar-refractivity contribution >= 4 is 28.5 Å². The molecule has 1 saturated heterocycles. The molecule has 23 heavy (non-hydrogen) atoms. The van der Waals surface area contributed by atoms with Crippen LogP contribution in [0.4, 0.5) is 5.13 Å². The summed E-state index contributed by atoms with van der Waals surface area (Å²) in [6.45, 7) is 7.33. The maximum absolute atomic E-state index is 12.4. The third-order valence-corrected chi connectivity index (χ3v) is 4.94. The fourth-order valence-corrected chi connectivity index (χ4v) is 3.47. The monoisotopic (exact) mass is 327 g/mol. The van der Waals surface area contributed by atoms with Gasteiger partial charge in [0.2, 0.25) is 5.91 Å². The standard InChI is InChI=1S/C18H21N3OS/c1-14-3-4-16(15(2)13-14)5-6-17(22)20-8-10-21(11-9-20)18-19-7-12-23-18/h3-7,12-13H,8-11H2,1-2H3/b6-5+. The first-order valence-electron chi connectivity index (χ1n) is 7.82. The van der Waals surface area contributed by atoms with Crippen LogP contribution in [0.25, 0.3) is 6.08 Å². The molecule has 0 unspecified atom stereocenters. The molecule has 1 aliphatic rings. The lowest BCUT2D eigenvalue weighted by atomic mass is 10.1. The largest absolute Gasteiger partial charge is 0.345 e. The van der Waals surface area contributed by atoms with E-state index in [9.17, 15) is 4.79 Å². The van der Waals surface area contributed by atoms with Crippen molar-refractivity contribution in [1.29, 1.82) is 0 Å². The quantitative estimate of drug-likeness (QED) is 0.813. The Morgan fingerprint density at radius 1 is 1.22 bits per heavy atom. The Balaban J connectivity index is 1.58. The third kappa shape index (κ3) is 3.79. The van der Waals surface area contributed by atoms with Gasteiger partial charge in [-0.3, -0.25) is 4.79 Å². The number of carbonyl (C=O) groups excluding carboxylic acids is 1. The van der Waals surface area contributed by atoms with E-state index in [1.165, 1.54) is 11.1 Å². The minimum Gasteiger partial charge on any atom is -0.345 e. The zero-order chi connectivity index (χ0) is 16.2. The maximum atomic E-state index is 12.4. The summed E-state index contributed by atoms with van der Waals surface area (Å²) in [5, 5.41) is 3.03. The molecule has 1 amide bonds. The summed E-state index contributed by atoms with van der Waals surface area (Å²) in [6.07, 6.45) is 5.44. The number of nitrogens with zero attached hydrogens (tertiary/aromatic N) is 3. The molecule has 0 spiro atoms. The van der Waals surface area contributed by atoms with Gasteiger partial charge in [-0.25, -0.2) is 4.98 Å². The van der Waals surface area contributed by atoms with E-state index in [1.54, 1.807) is 17.4 Å². The van der Waals surface area contributed by atoms with Gasteiger partial charge in [0, 0.05) is 43.8 Å². The molecule has 0 radical (unpaired) electrons. The molecule has 120 valence electrons. The van der Waals surface area contributed by atoms with E-state index >= 15 is 0 Å². The Hall–Kier alpha value is -2.14. The number of benzene rings is 1. The Bertz CT molecular complexity index is 701. The molecular formula is C18H21N3OS. The summed E-state index contributed by atoms with van der Waals surface area (Å²) in [5.74, 6) is 0.0868. The first-order valence-corrected chi connectivity index (χ1v) is 8.70. The fourth-order valence-electron chi connectivity index (χ4n) is 2.77. The highest BCUT2D eigenvalue weighted by atomic mass is 32.1. The van der Waals surface area contributed by atoms with Gasteiger partial charge in [0.05, 0.1) is 0 Å². The van der Waals surface area contributed by atoms with Crippen molar-refractivity contribution in [1.82, 2.24) is 9.88 Å². The van der Waals surface area contributed by atoms with Crippen molar-refractivity contribution in [2.24, 2.45) is 0 Å². The van der Waals surface area contributed by atoms with Gasteiger partial charge in [-0.15, -0.1) is 11.3 Å². The first kappa shape index (κ1) is 15.7. The number of aryl methyl sites for hydroxylation is 2. The minimum atomic E-state index is 0.0868. The zero-order valence-electron chi connectivity index (χ0n) is 13.5. The van der Waals surface area contributed by atoms with Gasteiger partial charge >= 0.3 is 0 Å². The van der Waals surface area contributed by atoms with Crippen molar-refractivity contribution in [3.8, 4) is 0 Å². The van der Waals surface area contributed by atoms with E-state index in [2.05, 4.69) is 41.9 Å². The van der Waals surface area contributed by atoms with Crippen molar-refractivity contribution in [2.45, 2.75) is 13.8 Å². The lowest BCUT2D eigenvalue weighted by Gasteiger charge is -2.34. The maximum Gasteiger partial charge on any atom is 0.246 e. The number of hydrogen-bond donors (Lipinski definition) is 0. The van der Waals surface area contributed by atoms with Crippen LogP contribution in [0.1, 0.15) is 16.7 Å². The summed E-state index contributed by atoms with van der Waals surface area (Å²) >= 11 is 1.65. The second kappa shape index (κ2) is 6.96. The lowest BCUT2D eigenvalue weighted by Crippen LogP contribution is -2.48. The molecule has 0 N–H and O–H groups in total. The summed E-state index contributed by atoms with van der Waals surface area (Å²) in [5.41, 5.74) is 3.54. The predicted molar refractivity (Wildman–Crippen MR) is 95.9 cm³/mol. The topological polar surface area (TPSA) is 36.4 Å². The molecule has 2 heterocycles. The van der Waals surface area contributed by atoms with E-state index in [0.29, 0.717) is 0 Å². The summed E-state index contributed by atoms with van der Waals surface area (Å²) in [4.78, 5) is 20.8. The molecule has 0 atom stereocenters. The van der Waals surface area contributed by atoms with E-state index in [-0.39, 0.29) is 5.91 Å². The molecule has 5 heteroatoms. The van der Waals surface area contributed by atoms with Crippen molar-refractivity contribution in [3.63, 3.8) is 0 Å². The average molecular weight is 327 g/mol.